The zero-order valence-corrected chi connectivity index (χ0v) is 10.4. The topological polar surface area (TPSA) is 33.6 Å². The first-order chi connectivity index (χ1) is 7.79. The first-order valence-corrected chi connectivity index (χ1v) is 6.37. The van der Waals surface area contributed by atoms with Gasteiger partial charge in [0.25, 0.3) is 0 Å². The number of aliphatic imine (C=N–C) groups is 1. The van der Waals surface area contributed by atoms with Gasteiger partial charge in [-0.1, -0.05) is 11.8 Å². The van der Waals surface area contributed by atoms with Crippen molar-refractivity contribution in [2.24, 2.45) is 4.99 Å². The van der Waals surface area contributed by atoms with Gasteiger partial charge >= 0.3 is 0 Å². The number of thioether (sulfide) groups is 1. The largest absolute Gasteiger partial charge is 0.497 e. The molecule has 1 aromatic rings. The highest BCUT2D eigenvalue weighted by Crippen LogP contribution is 2.23. The van der Waals surface area contributed by atoms with Gasteiger partial charge in [-0.15, -0.1) is 0 Å². The normalized spacial score (nSPS) is 15.5. The predicted molar refractivity (Wildman–Crippen MR) is 70.7 cm³/mol. The van der Waals surface area contributed by atoms with Crippen LogP contribution >= 0.6 is 11.8 Å². The number of benzene rings is 1. The summed E-state index contributed by atoms with van der Waals surface area (Å²) in [5, 5.41) is 4.39. The Kier molecular flexibility index (Phi) is 3.72. The highest BCUT2D eigenvalue weighted by atomic mass is 32.2. The lowest BCUT2D eigenvalue weighted by Gasteiger charge is -2.15. The van der Waals surface area contributed by atoms with E-state index in [4.69, 9.17) is 4.74 Å². The summed E-state index contributed by atoms with van der Waals surface area (Å²) in [5.74, 6) is 2.04. The molecule has 1 aliphatic heterocycles. The van der Waals surface area contributed by atoms with E-state index in [9.17, 15) is 0 Å². The fourth-order valence-electron chi connectivity index (χ4n) is 1.55. The molecule has 0 fully saturated rings. The van der Waals surface area contributed by atoms with E-state index >= 15 is 0 Å². The van der Waals surface area contributed by atoms with Gasteiger partial charge in [-0.3, -0.25) is 4.99 Å². The number of amidine groups is 1. The highest BCUT2D eigenvalue weighted by Gasteiger charge is 2.07. The molecule has 0 aliphatic carbocycles. The van der Waals surface area contributed by atoms with Crippen LogP contribution in [0.3, 0.4) is 0 Å². The Hall–Kier alpha value is -1.16. The number of methoxy groups -OCH3 is 1. The molecule has 86 valence electrons. The first-order valence-electron chi connectivity index (χ1n) is 5.38. The Bertz CT molecular complexity index is 404. The summed E-state index contributed by atoms with van der Waals surface area (Å²) < 4.78 is 5.18. The molecule has 4 heteroatoms. The van der Waals surface area contributed by atoms with Crippen LogP contribution in [0.4, 0.5) is 5.69 Å². The average molecular weight is 236 g/mol. The molecule has 0 radical (unpaired) electrons. The monoisotopic (exact) mass is 236 g/mol. The molecule has 0 amide bonds. The molecule has 1 aromatic carbocycles. The maximum absolute atomic E-state index is 5.18. The van der Waals surface area contributed by atoms with Gasteiger partial charge in [0.05, 0.1) is 7.11 Å². The second-order valence-electron chi connectivity index (χ2n) is 3.69. The summed E-state index contributed by atoms with van der Waals surface area (Å²) in [4.78, 5) is 4.45. The molecule has 0 bridgehead atoms. The van der Waals surface area contributed by atoms with Gasteiger partial charge < -0.3 is 10.1 Å². The molecular weight excluding hydrogens is 220 g/mol. The maximum atomic E-state index is 5.18. The van der Waals surface area contributed by atoms with Crippen molar-refractivity contribution in [2.75, 3.05) is 24.7 Å². The van der Waals surface area contributed by atoms with Gasteiger partial charge in [0.1, 0.15) is 5.75 Å². The molecule has 0 spiro atoms. The molecule has 0 unspecified atom stereocenters. The SMILES string of the molecule is COc1ccc(NC2=NCCCS2)c(C)c1. The van der Waals surface area contributed by atoms with Crippen LogP contribution in [0.25, 0.3) is 0 Å². The molecule has 0 atom stereocenters. The number of hydrogen-bond acceptors (Lipinski definition) is 4. The van der Waals surface area contributed by atoms with E-state index in [0.717, 1.165) is 28.9 Å². The fourth-order valence-corrected chi connectivity index (χ4v) is 2.39. The molecule has 0 aromatic heterocycles. The summed E-state index contributed by atoms with van der Waals surface area (Å²) in [7, 11) is 1.68. The van der Waals surface area contributed by atoms with Gasteiger partial charge in [0.2, 0.25) is 0 Å². The van der Waals surface area contributed by atoms with E-state index in [1.165, 1.54) is 12.0 Å². The Morgan fingerprint density at radius 1 is 1.44 bits per heavy atom. The van der Waals surface area contributed by atoms with Gasteiger partial charge in [0.15, 0.2) is 5.17 Å². The lowest BCUT2D eigenvalue weighted by Crippen LogP contribution is -2.14. The number of hydrogen-bond donors (Lipinski definition) is 1. The van der Waals surface area contributed by atoms with E-state index in [1.54, 1.807) is 18.9 Å². The van der Waals surface area contributed by atoms with E-state index in [-0.39, 0.29) is 0 Å². The highest BCUT2D eigenvalue weighted by molar-refractivity contribution is 8.14. The Labute approximate surface area is 100 Å². The van der Waals surface area contributed by atoms with Crippen LogP contribution < -0.4 is 10.1 Å². The maximum Gasteiger partial charge on any atom is 0.161 e. The molecule has 3 nitrogen and oxygen atoms in total. The minimum atomic E-state index is 0.890. The van der Waals surface area contributed by atoms with Crippen LogP contribution in [0, 0.1) is 6.92 Å². The zero-order chi connectivity index (χ0) is 11.4. The van der Waals surface area contributed by atoms with Crippen molar-refractivity contribution in [1.82, 2.24) is 0 Å². The predicted octanol–water partition coefficient (Wildman–Crippen LogP) is 2.91. The van der Waals surface area contributed by atoms with Crippen LogP contribution in [-0.4, -0.2) is 24.6 Å². The third-order valence-electron chi connectivity index (χ3n) is 2.47. The number of rotatable bonds is 2. The van der Waals surface area contributed by atoms with E-state index in [0.29, 0.717) is 0 Å². The lowest BCUT2D eigenvalue weighted by atomic mass is 10.2. The van der Waals surface area contributed by atoms with Gasteiger partial charge in [-0.2, -0.15) is 0 Å². The molecular formula is C12H16N2OS. The Morgan fingerprint density at radius 3 is 2.94 bits per heavy atom. The van der Waals surface area contributed by atoms with Crippen molar-refractivity contribution in [2.45, 2.75) is 13.3 Å². The van der Waals surface area contributed by atoms with E-state index < -0.39 is 0 Å². The summed E-state index contributed by atoms with van der Waals surface area (Å²) in [6, 6.07) is 6.02. The van der Waals surface area contributed by atoms with Crippen LogP contribution in [0.1, 0.15) is 12.0 Å². The Balaban J connectivity index is 2.12. The minimum Gasteiger partial charge on any atom is -0.497 e. The standard InChI is InChI=1S/C12H16N2OS/c1-9-8-10(15-2)4-5-11(9)14-12-13-6-3-7-16-12/h4-5,8H,3,6-7H2,1-2H3,(H,13,14). The number of nitrogens with zero attached hydrogens (tertiary/aromatic N) is 1. The molecule has 0 saturated heterocycles. The Morgan fingerprint density at radius 2 is 2.31 bits per heavy atom. The number of ether oxygens (including phenoxy) is 1. The zero-order valence-electron chi connectivity index (χ0n) is 9.62. The smallest absolute Gasteiger partial charge is 0.161 e. The van der Waals surface area contributed by atoms with Gasteiger partial charge in [0, 0.05) is 18.0 Å². The summed E-state index contributed by atoms with van der Waals surface area (Å²) in [6.45, 7) is 3.00. The number of nitrogens with one attached hydrogen (secondary N) is 1. The molecule has 1 N–H and O–H groups in total. The summed E-state index contributed by atoms with van der Waals surface area (Å²) in [6.07, 6.45) is 1.18. The lowest BCUT2D eigenvalue weighted by molar-refractivity contribution is 0.414. The van der Waals surface area contributed by atoms with Crippen molar-refractivity contribution in [1.29, 1.82) is 0 Å². The number of aryl methyl sites for hydroxylation is 1. The van der Waals surface area contributed by atoms with Crippen molar-refractivity contribution in [3.8, 4) is 5.75 Å². The second kappa shape index (κ2) is 5.25. The third-order valence-corrected chi connectivity index (χ3v) is 3.47. The van der Waals surface area contributed by atoms with Crippen LogP contribution in [0.5, 0.6) is 5.75 Å². The quantitative estimate of drug-likeness (QED) is 0.857. The molecule has 0 saturated carbocycles. The second-order valence-corrected chi connectivity index (χ2v) is 4.78. The van der Waals surface area contributed by atoms with Crippen LogP contribution in [0.15, 0.2) is 23.2 Å². The van der Waals surface area contributed by atoms with Crippen molar-refractivity contribution >= 4 is 22.6 Å². The van der Waals surface area contributed by atoms with Crippen molar-refractivity contribution in [3.63, 3.8) is 0 Å². The first kappa shape index (κ1) is 11.3. The molecule has 1 aliphatic rings. The number of anilines is 1. The van der Waals surface area contributed by atoms with Crippen molar-refractivity contribution < 1.29 is 4.74 Å². The van der Waals surface area contributed by atoms with Gasteiger partial charge in [-0.25, -0.2) is 0 Å². The van der Waals surface area contributed by atoms with Crippen LogP contribution in [0.2, 0.25) is 0 Å². The third kappa shape index (κ3) is 2.70. The van der Waals surface area contributed by atoms with Crippen molar-refractivity contribution in [3.05, 3.63) is 23.8 Å². The summed E-state index contributed by atoms with van der Waals surface area (Å²) >= 11 is 1.78. The fraction of sp³-hybridized carbons (Fsp3) is 0.417. The van der Waals surface area contributed by atoms with E-state index in [1.807, 2.05) is 18.2 Å². The average Bonchev–Trinajstić information content (AvgIpc) is 2.33. The van der Waals surface area contributed by atoms with Gasteiger partial charge in [-0.05, 0) is 37.1 Å². The van der Waals surface area contributed by atoms with Crippen LogP contribution in [-0.2, 0) is 0 Å². The molecule has 2 rings (SSSR count). The minimum absolute atomic E-state index is 0.890. The summed E-state index contributed by atoms with van der Waals surface area (Å²) in [5.41, 5.74) is 2.28. The van der Waals surface area contributed by atoms with E-state index in [2.05, 4.69) is 17.2 Å². The molecule has 1 heterocycles. The molecule has 16 heavy (non-hydrogen) atoms.